The molecule has 3 rings (SSSR count). The molecule has 0 aliphatic carbocycles. The second kappa shape index (κ2) is 8.28. The molecular formula is C19H12F7N3O2. The second-order valence-electron chi connectivity index (χ2n) is 6.19. The predicted octanol–water partition coefficient (Wildman–Crippen LogP) is 5.34. The molecule has 2 aromatic carbocycles. The number of halogens is 7. The van der Waals surface area contributed by atoms with Crippen LogP contribution in [-0.2, 0) is 18.9 Å². The number of alkyl halides is 6. The van der Waals surface area contributed by atoms with Crippen molar-refractivity contribution < 1.29 is 40.3 Å². The van der Waals surface area contributed by atoms with Crippen LogP contribution in [0.2, 0.25) is 0 Å². The maximum absolute atomic E-state index is 13.5. The van der Waals surface area contributed by atoms with Gasteiger partial charge in [-0.3, -0.25) is 0 Å². The Kier molecular flexibility index (Phi) is 5.91. The first-order valence-corrected chi connectivity index (χ1v) is 8.48. The van der Waals surface area contributed by atoms with Crippen LogP contribution in [0, 0.1) is 5.82 Å². The number of nitrogens with one attached hydrogen (secondary N) is 1. The molecule has 1 amide bonds. The van der Waals surface area contributed by atoms with E-state index in [1.54, 1.807) is 0 Å². The molecule has 5 nitrogen and oxygen atoms in total. The topological polar surface area (TPSA) is 56.1 Å². The van der Waals surface area contributed by atoms with Gasteiger partial charge in [-0.2, -0.15) is 31.4 Å². The van der Waals surface area contributed by atoms with Crippen molar-refractivity contribution in [3.05, 3.63) is 77.4 Å². The van der Waals surface area contributed by atoms with E-state index in [0.29, 0.717) is 10.9 Å². The molecule has 0 saturated carbocycles. The summed E-state index contributed by atoms with van der Waals surface area (Å²) < 4.78 is 97.1. The summed E-state index contributed by atoms with van der Waals surface area (Å²) >= 11 is 0. The predicted molar refractivity (Wildman–Crippen MR) is 92.8 cm³/mol. The Balaban J connectivity index is 1.78. The van der Waals surface area contributed by atoms with E-state index in [4.69, 9.17) is 0 Å². The summed E-state index contributed by atoms with van der Waals surface area (Å²) in [5.41, 5.74) is -2.62. The largest absolute Gasteiger partial charge is 0.437 e. The van der Waals surface area contributed by atoms with Crippen LogP contribution >= 0.6 is 0 Å². The minimum absolute atomic E-state index is 0.0540. The average Bonchev–Trinajstić information content (AvgIpc) is 3.10. The smallest absolute Gasteiger partial charge is 0.406 e. The highest BCUT2D eigenvalue weighted by atomic mass is 19.4. The number of benzene rings is 2. The van der Waals surface area contributed by atoms with Gasteiger partial charge in [-0.1, -0.05) is 18.2 Å². The number of hydrogen-bond acceptors (Lipinski definition) is 3. The van der Waals surface area contributed by atoms with Crippen LogP contribution in [0.25, 0.3) is 5.69 Å². The summed E-state index contributed by atoms with van der Waals surface area (Å²) in [5, 5.41) is 5.57. The lowest BCUT2D eigenvalue weighted by molar-refractivity contribution is -0.143. The Morgan fingerprint density at radius 2 is 1.71 bits per heavy atom. The molecular weight excluding hydrogens is 435 g/mol. The molecule has 0 aliphatic rings. The van der Waals surface area contributed by atoms with Crippen molar-refractivity contribution in [2.24, 2.45) is 0 Å². The third-order valence-corrected chi connectivity index (χ3v) is 3.95. The van der Waals surface area contributed by atoms with Crippen molar-refractivity contribution in [3.63, 3.8) is 0 Å². The maximum atomic E-state index is 13.5. The number of carbonyl (C=O) groups excluding carboxylic acids is 1. The van der Waals surface area contributed by atoms with Crippen LogP contribution in [0.1, 0.15) is 16.8 Å². The molecule has 12 heteroatoms. The normalized spacial score (nSPS) is 12.0. The van der Waals surface area contributed by atoms with E-state index in [-0.39, 0.29) is 11.3 Å². The van der Waals surface area contributed by atoms with Gasteiger partial charge in [0, 0.05) is 6.54 Å². The van der Waals surface area contributed by atoms with Crippen LogP contribution in [-0.4, -0.2) is 15.9 Å². The molecule has 0 atom stereocenters. The Labute approximate surface area is 170 Å². The van der Waals surface area contributed by atoms with E-state index in [1.165, 1.54) is 18.2 Å². The summed E-state index contributed by atoms with van der Waals surface area (Å²) in [6, 6.07) is 8.20. The lowest BCUT2D eigenvalue weighted by atomic mass is 10.1. The van der Waals surface area contributed by atoms with Gasteiger partial charge in [0.15, 0.2) is 11.4 Å². The van der Waals surface area contributed by atoms with Crippen LogP contribution in [0.3, 0.4) is 0 Å². The van der Waals surface area contributed by atoms with Gasteiger partial charge in [-0.25, -0.2) is 13.9 Å². The molecule has 0 unspecified atom stereocenters. The number of carbonyl (C=O) groups is 1. The van der Waals surface area contributed by atoms with Gasteiger partial charge in [0.05, 0.1) is 17.4 Å². The zero-order chi connectivity index (χ0) is 22.8. The molecule has 0 saturated heterocycles. The lowest BCUT2D eigenvalue weighted by Gasteiger charge is -2.13. The fourth-order valence-electron chi connectivity index (χ4n) is 2.64. The fraction of sp³-hybridized carbons (Fsp3) is 0.158. The van der Waals surface area contributed by atoms with E-state index in [2.05, 4.69) is 15.2 Å². The first-order chi connectivity index (χ1) is 14.4. The fourth-order valence-corrected chi connectivity index (χ4v) is 2.64. The van der Waals surface area contributed by atoms with Crippen LogP contribution < -0.4 is 10.1 Å². The first-order valence-electron chi connectivity index (χ1n) is 8.48. The quantitative estimate of drug-likeness (QED) is 0.550. The number of amides is 1. The van der Waals surface area contributed by atoms with Gasteiger partial charge >= 0.3 is 18.4 Å². The second-order valence-corrected chi connectivity index (χ2v) is 6.19. The van der Waals surface area contributed by atoms with Crippen molar-refractivity contribution in [2.75, 3.05) is 0 Å². The molecule has 0 spiro atoms. The highest BCUT2D eigenvalue weighted by molar-refractivity contribution is 5.70. The number of ether oxygens (including phenoxy) is 1. The third-order valence-electron chi connectivity index (χ3n) is 3.95. The molecule has 1 aromatic heterocycles. The molecule has 0 fully saturated rings. The van der Waals surface area contributed by atoms with Crippen molar-refractivity contribution in [1.29, 1.82) is 0 Å². The summed E-state index contributed by atoms with van der Waals surface area (Å²) in [6.07, 6.45) is -10.3. The summed E-state index contributed by atoms with van der Waals surface area (Å²) in [5.74, 6) is -1.76. The summed E-state index contributed by atoms with van der Waals surface area (Å²) in [7, 11) is 0. The van der Waals surface area contributed by atoms with E-state index in [9.17, 15) is 35.5 Å². The first kappa shape index (κ1) is 22.1. The maximum Gasteiger partial charge on any atom is 0.437 e. The van der Waals surface area contributed by atoms with E-state index in [0.717, 1.165) is 30.3 Å². The van der Waals surface area contributed by atoms with E-state index < -0.39 is 47.8 Å². The molecule has 3 aromatic rings. The number of rotatable bonds is 4. The Hall–Kier alpha value is -3.57. The average molecular weight is 447 g/mol. The monoisotopic (exact) mass is 447 g/mol. The Morgan fingerprint density at radius 3 is 2.35 bits per heavy atom. The molecule has 31 heavy (non-hydrogen) atoms. The summed E-state index contributed by atoms with van der Waals surface area (Å²) in [6.45, 7) is -0.428. The molecule has 0 bridgehead atoms. The van der Waals surface area contributed by atoms with Gasteiger partial charge < -0.3 is 10.1 Å². The zero-order valence-electron chi connectivity index (χ0n) is 15.3. The van der Waals surface area contributed by atoms with Gasteiger partial charge in [0.1, 0.15) is 5.82 Å². The number of aromatic nitrogens is 2. The van der Waals surface area contributed by atoms with Gasteiger partial charge in [0.25, 0.3) is 0 Å². The van der Waals surface area contributed by atoms with Crippen LogP contribution in [0.5, 0.6) is 5.75 Å². The lowest BCUT2D eigenvalue weighted by Crippen LogP contribution is -2.27. The number of hydrogen-bond donors (Lipinski definition) is 1. The zero-order valence-corrected chi connectivity index (χ0v) is 15.3. The van der Waals surface area contributed by atoms with E-state index in [1.807, 2.05) is 0 Å². The van der Waals surface area contributed by atoms with E-state index >= 15 is 0 Å². The minimum Gasteiger partial charge on any atom is -0.406 e. The summed E-state index contributed by atoms with van der Waals surface area (Å²) in [4.78, 5) is 11.9. The Bertz CT molecular complexity index is 1090. The van der Waals surface area contributed by atoms with Gasteiger partial charge in [0.2, 0.25) is 0 Å². The molecule has 1 heterocycles. The Morgan fingerprint density at radius 1 is 1.00 bits per heavy atom. The van der Waals surface area contributed by atoms with Crippen molar-refractivity contribution in [1.82, 2.24) is 15.1 Å². The standard InChI is InChI=1S/C19H12F7N3O2/c20-13-5-2-6-14(8-13)29-16(19(24,25)26)15(10-28-29)31-17(30)27-9-11-3-1-4-12(7-11)18(21,22)23/h1-8,10H,9H2,(H,27,30). The molecule has 0 radical (unpaired) electrons. The van der Waals surface area contributed by atoms with Gasteiger partial charge in [-0.15, -0.1) is 0 Å². The minimum atomic E-state index is -5.01. The molecule has 0 aliphatic heterocycles. The highest BCUT2D eigenvalue weighted by Crippen LogP contribution is 2.37. The van der Waals surface area contributed by atoms with Crippen molar-refractivity contribution >= 4 is 6.09 Å². The SMILES string of the molecule is O=C(NCc1cccc(C(F)(F)F)c1)Oc1cnn(-c2cccc(F)c2)c1C(F)(F)F. The van der Waals surface area contributed by atoms with Crippen molar-refractivity contribution in [3.8, 4) is 11.4 Å². The highest BCUT2D eigenvalue weighted by Gasteiger charge is 2.40. The molecule has 164 valence electrons. The van der Waals surface area contributed by atoms with Crippen LogP contribution in [0.15, 0.2) is 54.7 Å². The molecule has 1 N–H and O–H groups in total. The van der Waals surface area contributed by atoms with Gasteiger partial charge in [-0.05, 0) is 35.9 Å². The van der Waals surface area contributed by atoms with Crippen molar-refractivity contribution in [2.45, 2.75) is 18.9 Å². The third kappa shape index (κ3) is 5.32. The number of nitrogens with zero attached hydrogens (tertiary/aromatic N) is 2. The van der Waals surface area contributed by atoms with Crippen LogP contribution in [0.4, 0.5) is 35.5 Å².